The van der Waals surface area contributed by atoms with Gasteiger partial charge < -0.3 is 5.32 Å². The van der Waals surface area contributed by atoms with Gasteiger partial charge in [-0.25, -0.2) is 8.42 Å². The van der Waals surface area contributed by atoms with Crippen molar-refractivity contribution in [3.8, 4) is 0 Å². The number of sulfone groups is 1. The molecule has 0 radical (unpaired) electrons. The minimum absolute atomic E-state index is 0.329. The molecule has 9 heavy (non-hydrogen) atoms. The van der Waals surface area contributed by atoms with Crippen LogP contribution in [0.15, 0.2) is 0 Å². The van der Waals surface area contributed by atoms with Crippen LogP contribution < -0.4 is 5.32 Å². The van der Waals surface area contributed by atoms with E-state index in [1.165, 1.54) is 0 Å². The van der Waals surface area contributed by atoms with Crippen molar-refractivity contribution in [3.05, 3.63) is 0 Å². The molecule has 0 aliphatic carbocycles. The summed E-state index contributed by atoms with van der Waals surface area (Å²) >= 11 is 0. The Morgan fingerprint density at radius 2 is 2.22 bits per heavy atom. The fourth-order valence-corrected chi connectivity index (χ4v) is 2.93. The third-order valence-electron chi connectivity index (χ3n) is 1.74. The molecule has 1 fully saturated rings. The summed E-state index contributed by atoms with van der Waals surface area (Å²) in [6.45, 7) is 0. The minimum atomic E-state index is -2.64. The highest BCUT2D eigenvalue weighted by Gasteiger charge is 2.28. The molecule has 1 atom stereocenters. The van der Waals surface area contributed by atoms with Crippen molar-refractivity contribution in [1.82, 2.24) is 0 Å². The SMILES string of the molecule is C[NH2+][C@@H]1CCS(=O)(=O)C1. The Kier molecular flexibility index (Phi) is 1.77. The van der Waals surface area contributed by atoms with Gasteiger partial charge in [0.05, 0.1) is 12.8 Å². The molecular weight excluding hydrogens is 138 g/mol. The van der Waals surface area contributed by atoms with E-state index in [0.29, 0.717) is 17.5 Å². The summed E-state index contributed by atoms with van der Waals surface area (Å²) in [7, 11) is -0.717. The third-order valence-corrected chi connectivity index (χ3v) is 3.53. The van der Waals surface area contributed by atoms with Gasteiger partial charge in [-0.15, -0.1) is 0 Å². The minimum Gasteiger partial charge on any atom is -0.345 e. The molecule has 0 unspecified atom stereocenters. The molecular formula is C5H12NO2S+. The molecule has 0 aromatic carbocycles. The summed E-state index contributed by atoms with van der Waals surface area (Å²) in [5.74, 6) is 0.769. The molecule has 1 heterocycles. The third kappa shape index (κ3) is 1.66. The van der Waals surface area contributed by atoms with Crippen molar-refractivity contribution in [3.63, 3.8) is 0 Å². The second-order valence-electron chi connectivity index (χ2n) is 2.50. The van der Waals surface area contributed by atoms with Crippen molar-refractivity contribution < 1.29 is 13.7 Å². The molecule has 1 saturated heterocycles. The van der Waals surface area contributed by atoms with Crippen LogP contribution in [-0.2, 0) is 9.84 Å². The van der Waals surface area contributed by atoms with Gasteiger partial charge in [0.1, 0.15) is 11.8 Å². The molecule has 3 nitrogen and oxygen atoms in total. The number of rotatable bonds is 1. The Bertz CT molecular complexity index is 185. The number of quaternary nitrogens is 1. The van der Waals surface area contributed by atoms with Crippen molar-refractivity contribution in [2.45, 2.75) is 12.5 Å². The van der Waals surface area contributed by atoms with Crippen LogP contribution in [0.4, 0.5) is 0 Å². The molecule has 1 aliphatic rings. The molecule has 0 amide bonds. The van der Waals surface area contributed by atoms with Crippen LogP contribution in [0, 0.1) is 0 Å². The van der Waals surface area contributed by atoms with E-state index in [1.54, 1.807) is 0 Å². The van der Waals surface area contributed by atoms with Crippen molar-refractivity contribution in [2.75, 3.05) is 18.6 Å². The van der Waals surface area contributed by atoms with Crippen LogP contribution in [0.2, 0.25) is 0 Å². The molecule has 0 spiro atoms. The molecule has 0 aromatic heterocycles. The smallest absolute Gasteiger partial charge is 0.156 e. The summed E-state index contributed by atoms with van der Waals surface area (Å²) in [5, 5.41) is 1.98. The summed E-state index contributed by atoms with van der Waals surface area (Å²) in [5.41, 5.74) is 0. The van der Waals surface area contributed by atoms with Gasteiger partial charge in [0, 0.05) is 6.42 Å². The van der Waals surface area contributed by atoms with Crippen LogP contribution in [0.25, 0.3) is 0 Å². The van der Waals surface area contributed by atoms with E-state index in [4.69, 9.17) is 0 Å². The zero-order valence-electron chi connectivity index (χ0n) is 5.50. The van der Waals surface area contributed by atoms with E-state index in [1.807, 2.05) is 12.4 Å². The summed E-state index contributed by atoms with van der Waals surface area (Å²) < 4.78 is 21.6. The molecule has 2 N–H and O–H groups in total. The van der Waals surface area contributed by atoms with Crippen LogP contribution in [0.3, 0.4) is 0 Å². The number of hydrogen-bond acceptors (Lipinski definition) is 2. The maximum Gasteiger partial charge on any atom is 0.156 e. The van der Waals surface area contributed by atoms with Gasteiger partial charge in [-0.05, 0) is 0 Å². The largest absolute Gasteiger partial charge is 0.345 e. The van der Waals surface area contributed by atoms with Crippen LogP contribution >= 0.6 is 0 Å². The average molecular weight is 150 g/mol. The highest BCUT2D eigenvalue weighted by molar-refractivity contribution is 7.91. The first-order chi connectivity index (χ1) is 4.14. The van der Waals surface area contributed by atoms with Gasteiger partial charge in [0.25, 0.3) is 0 Å². The monoisotopic (exact) mass is 150 g/mol. The van der Waals surface area contributed by atoms with Crippen LogP contribution in [0.5, 0.6) is 0 Å². The Morgan fingerprint density at radius 3 is 2.44 bits per heavy atom. The number of nitrogens with two attached hydrogens (primary N) is 1. The molecule has 1 rings (SSSR count). The second-order valence-corrected chi connectivity index (χ2v) is 4.73. The summed E-state index contributed by atoms with van der Waals surface area (Å²) in [6, 6.07) is 0.329. The molecule has 54 valence electrons. The van der Waals surface area contributed by atoms with Gasteiger partial charge in [-0.2, -0.15) is 0 Å². The van der Waals surface area contributed by atoms with E-state index in [0.717, 1.165) is 6.42 Å². The average Bonchev–Trinajstić information content (AvgIpc) is 2.10. The van der Waals surface area contributed by atoms with Gasteiger partial charge in [-0.1, -0.05) is 0 Å². The zero-order chi connectivity index (χ0) is 6.91. The predicted octanol–water partition coefficient (Wildman–Crippen LogP) is -1.63. The molecule has 0 aromatic rings. The van der Waals surface area contributed by atoms with Gasteiger partial charge >= 0.3 is 0 Å². The van der Waals surface area contributed by atoms with Crippen LogP contribution in [-0.4, -0.2) is 33.0 Å². The van der Waals surface area contributed by atoms with Crippen molar-refractivity contribution in [2.24, 2.45) is 0 Å². The lowest BCUT2D eigenvalue weighted by atomic mass is 10.3. The lowest BCUT2D eigenvalue weighted by Gasteiger charge is -1.98. The maximum atomic E-state index is 10.8. The van der Waals surface area contributed by atoms with Crippen molar-refractivity contribution >= 4 is 9.84 Å². The molecule has 0 bridgehead atoms. The first-order valence-corrected chi connectivity index (χ1v) is 4.96. The Hall–Kier alpha value is -0.0900. The van der Waals surface area contributed by atoms with Gasteiger partial charge in [0.2, 0.25) is 0 Å². The Morgan fingerprint density at radius 1 is 1.56 bits per heavy atom. The quantitative estimate of drug-likeness (QED) is 0.488. The van der Waals surface area contributed by atoms with Crippen molar-refractivity contribution in [1.29, 1.82) is 0 Å². The Labute approximate surface area is 55.4 Å². The van der Waals surface area contributed by atoms with E-state index >= 15 is 0 Å². The predicted molar refractivity (Wildman–Crippen MR) is 34.9 cm³/mol. The fourth-order valence-electron chi connectivity index (χ4n) is 1.09. The fraction of sp³-hybridized carbons (Fsp3) is 1.00. The summed E-state index contributed by atoms with van der Waals surface area (Å²) in [6.07, 6.45) is 0.832. The van der Waals surface area contributed by atoms with E-state index in [2.05, 4.69) is 0 Å². The molecule has 4 heteroatoms. The van der Waals surface area contributed by atoms with E-state index < -0.39 is 9.84 Å². The van der Waals surface area contributed by atoms with Gasteiger partial charge in [-0.3, -0.25) is 0 Å². The van der Waals surface area contributed by atoms with Crippen LogP contribution in [0.1, 0.15) is 6.42 Å². The standard InChI is InChI=1S/C5H11NO2S/c1-6-5-2-3-9(7,8)4-5/h5-6H,2-4H2,1H3/p+1/t5-/m1/s1. The summed E-state index contributed by atoms with van der Waals surface area (Å²) in [4.78, 5) is 0. The van der Waals surface area contributed by atoms with E-state index in [-0.39, 0.29) is 0 Å². The van der Waals surface area contributed by atoms with E-state index in [9.17, 15) is 8.42 Å². The lowest BCUT2D eigenvalue weighted by Crippen LogP contribution is -2.86. The highest BCUT2D eigenvalue weighted by atomic mass is 32.2. The lowest BCUT2D eigenvalue weighted by molar-refractivity contribution is -0.657. The second kappa shape index (κ2) is 2.27. The normalized spacial score (nSPS) is 32.8. The first kappa shape index (κ1) is 7.02. The highest BCUT2D eigenvalue weighted by Crippen LogP contribution is 2.07. The molecule has 1 aliphatic heterocycles. The Balaban J connectivity index is 2.58. The zero-order valence-corrected chi connectivity index (χ0v) is 6.32. The first-order valence-electron chi connectivity index (χ1n) is 3.14. The topological polar surface area (TPSA) is 50.8 Å². The molecule has 0 saturated carbocycles. The number of hydrogen-bond donors (Lipinski definition) is 1. The van der Waals surface area contributed by atoms with Gasteiger partial charge in [0.15, 0.2) is 9.84 Å². The maximum absolute atomic E-state index is 10.8.